The molecule has 1 aliphatic heterocycles. The molecule has 0 saturated carbocycles. The molecular weight excluding hydrogens is 360 g/mol. The molecule has 0 radical (unpaired) electrons. The first-order valence-electron chi connectivity index (χ1n) is 8.09. The molecule has 3 amide bonds. The van der Waals surface area contributed by atoms with Crippen molar-refractivity contribution in [2.45, 2.75) is 32.7 Å². The van der Waals surface area contributed by atoms with Gasteiger partial charge in [0.05, 0.1) is 15.1 Å². The number of thiazole rings is 1. The summed E-state index contributed by atoms with van der Waals surface area (Å²) in [5.74, 6) is -1.33. The number of rotatable bonds is 5. The highest BCUT2D eigenvalue weighted by atomic mass is 32.1. The lowest BCUT2D eigenvalue weighted by Gasteiger charge is -2.10. The number of aryl methyl sites for hydroxylation is 1. The number of nitrogens with zero attached hydrogens (tertiary/aromatic N) is 4. The first kappa shape index (κ1) is 17.9. The van der Waals surface area contributed by atoms with Gasteiger partial charge in [0.25, 0.3) is 11.6 Å². The Morgan fingerprint density at radius 3 is 2.62 bits per heavy atom. The number of carbonyl (C=O) groups is 3. The maximum atomic E-state index is 12.2. The number of non-ortho nitro benzene ring substituents is 1. The Bertz CT molecular complexity index is 974. The second-order valence-electron chi connectivity index (χ2n) is 5.82. The smallest absolute Gasteiger partial charge is 0.270 e. The highest BCUT2D eigenvalue weighted by Crippen LogP contribution is 2.23. The summed E-state index contributed by atoms with van der Waals surface area (Å²) in [5, 5.41) is 11.0. The molecule has 0 atom stereocenters. The number of carbonyl (C=O) groups excluding carboxylic acids is 3. The van der Waals surface area contributed by atoms with Crippen molar-refractivity contribution in [3.05, 3.63) is 33.1 Å². The van der Waals surface area contributed by atoms with Gasteiger partial charge in [-0.3, -0.25) is 29.4 Å². The van der Waals surface area contributed by atoms with Gasteiger partial charge < -0.3 is 4.57 Å². The zero-order valence-corrected chi connectivity index (χ0v) is 14.8. The van der Waals surface area contributed by atoms with Gasteiger partial charge in [0, 0.05) is 31.5 Å². The molecule has 1 aromatic heterocycles. The number of fused-ring (bicyclic) bond motifs is 1. The minimum absolute atomic E-state index is 0.0338. The van der Waals surface area contributed by atoms with Crippen LogP contribution >= 0.6 is 11.3 Å². The van der Waals surface area contributed by atoms with Crippen LogP contribution in [0.3, 0.4) is 0 Å². The summed E-state index contributed by atoms with van der Waals surface area (Å²) < 4.78 is 2.46. The lowest BCUT2D eigenvalue weighted by molar-refractivity contribution is -0.384. The van der Waals surface area contributed by atoms with Crippen molar-refractivity contribution in [2.75, 3.05) is 6.54 Å². The van der Waals surface area contributed by atoms with Crippen LogP contribution < -0.4 is 4.80 Å². The maximum absolute atomic E-state index is 12.2. The van der Waals surface area contributed by atoms with Gasteiger partial charge in [-0.2, -0.15) is 4.99 Å². The second kappa shape index (κ2) is 7.16. The Hall–Kier alpha value is -2.88. The van der Waals surface area contributed by atoms with Crippen molar-refractivity contribution < 1.29 is 19.3 Å². The molecule has 0 aliphatic carbocycles. The van der Waals surface area contributed by atoms with Crippen LogP contribution in [0.1, 0.15) is 26.2 Å². The predicted molar refractivity (Wildman–Crippen MR) is 93.3 cm³/mol. The third-order valence-electron chi connectivity index (χ3n) is 3.99. The number of aromatic nitrogens is 1. The van der Waals surface area contributed by atoms with Crippen molar-refractivity contribution in [3.8, 4) is 0 Å². The molecule has 1 aromatic carbocycles. The summed E-state index contributed by atoms with van der Waals surface area (Å²) in [6.07, 6.45) is 1.02. The molecule has 0 unspecified atom stereocenters. The maximum Gasteiger partial charge on any atom is 0.270 e. The molecule has 10 heteroatoms. The molecule has 1 fully saturated rings. The van der Waals surface area contributed by atoms with Gasteiger partial charge in [-0.1, -0.05) is 18.3 Å². The van der Waals surface area contributed by atoms with E-state index >= 15 is 0 Å². The molecule has 0 spiro atoms. The fourth-order valence-electron chi connectivity index (χ4n) is 2.78. The van der Waals surface area contributed by atoms with E-state index in [1.165, 1.54) is 23.5 Å². The Morgan fingerprint density at radius 1 is 1.31 bits per heavy atom. The summed E-state index contributed by atoms with van der Waals surface area (Å²) in [6.45, 7) is 2.18. The zero-order chi connectivity index (χ0) is 18.8. The van der Waals surface area contributed by atoms with Crippen molar-refractivity contribution in [1.29, 1.82) is 0 Å². The van der Waals surface area contributed by atoms with E-state index in [0.29, 0.717) is 16.0 Å². The van der Waals surface area contributed by atoms with Crippen LogP contribution in [-0.2, 0) is 20.9 Å². The van der Waals surface area contributed by atoms with Crippen molar-refractivity contribution >= 4 is 45.0 Å². The van der Waals surface area contributed by atoms with Crippen LogP contribution in [0, 0.1) is 10.1 Å². The SMILES string of the molecule is CCCn1c(=NC(=O)CN2C(=O)CCC2=O)sc2cc([N+](=O)[O-])ccc21. The average molecular weight is 376 g/mol. The van der Waals surface area contributed by atoms with Crippen LogP contribution in [-0.4, -0.2) is 38.7 Å². The minimum atomic E-state index is -0.598. The molecule has 0 bridgehead atoms. The standard InChI is InChI=1S/C16H16N4O5S/c1-2-7-18-11-4-3-10(20(24)25)8-12(11)26-16(18)17-13(21)9-19-14(22)5-6-15(19)23/h3-4,8H,2,5-7,9H2,1H3. The van der Waals surface area contributed by atoms with E-state index in [9.17, 15) is 24.5 Å². The quantitative estimate of drug-likeness (QED) is 0.446. The number of hydrogen-bond donors (Lipinski definition) is 0. The van der Waals surface area contributed by atoms with Crippen LogP contribution in [0.2, 0.25) is 0 Å². The van der Waals surface area contributed by atoms with Gasteiger partial charge in [0.1, 0.15) is 6.54 Å². The van der Waals surface area contributed by atoms with Gasteiger partial charge in [-0.05, 0) is 12.5 Å². The molecule has 0 N–H and O–H groups in total. The Morgan fingerprint density at radius 2 is 2.00 bits per heavy atom. The van der Waals surface area contributed by atoms with Gasteiger partial charge in [0.15, 0.2) is 4.80 Å². The number of hydrogen-bond acceptors (Lipinski definition) is 6. The lowest BCUT2D eigenvalue weighted by atomic mass is 10.3. The van der Waals surface area contributed by atoms with Crippen molar-refractivity contribution in [3.63, 3.8) is 0 Å². The Labute approximate surface area is 151 Å². The third-order valence-corrected chi connectivity index (χ3v) is 5.03. The fourth-order valence-corrected chi connectivity index (χ4v) is 3.88. The molecule has 2 aromatic rings. The summed E-state index contributed by atoms with van der Waals surface area (Å²) in [4.78, 5) is 51.3. The third kappa shape index (κ3) is 3.40. The summed E-state index contributed by atoms with van der Waals surface area (Å²) >= 11 is 1.17. The van der Waals surface area contributed by atoms with Crippen LogP contribution in [0.5, 0.6) is 0 Å². The minimum Gasteiger partial charge on any atom is -0.316 e. The van der Waals surface area contributed by atoms with Gasteiger partial charge in [-0.15, -0.1) is 0 Å². The highest BCUT2D eigenvalue weighted by Gasteiger charge is 2.30. The molecule has 136 valence electrons. The van der Waals surface area contributed by atoms with E-state index in [1.807, 2.05) is 11.5 Å². The number of amides is 3. The average Bonchev–Trinajstić information content (AvgIpc) is 3.09. The van der Waals surface area contributed by atoms with Gasteiger partial charge in [-0.25, -0.2) is 0 Å². The van der Waals surface area contributed by atoms with Crippen LogP contribution in [0.4, 0.5) is 5.69 Å². The van der Waals surface area contributed by atoms with E-state index in [1.54, 1.807) is 6.07 Å². The second-order valence-corrected chi connectivity index (χ2v) is 6.83. The Kier molecular flexibility index (Phi) is 4.94. The molecule has 2 heterocycles. The first-order valence-corrected chi connectivity index (χ1v) is 8.91. The molecular formula is C16H16N4O5S. The number of benzene rings is 1. The van der Waals surface area contributed by atoms with Gasteiger partial charge >= 0.3 is 0 Å². The predicted octanol–water partition coefficient (Wildman–Crippen LogP) is 1.60. The molecule has 3 rings (SSSR count). The lowest BCUT2D eigenvalue weighted by Crippen LogP contribution is -2.34. The van der Waals surface area contributed by atoms with Gasteiger partial charge in [0.2, 0.25) is 11.8 Å². The zero-order valence-electron chi connectivity index (χ0n) is 14.0. The molecule has 1 saturated heterocycles. The van der Waals surface area contributed by atoms with E-state index in [0.717, 1.165) is 16.8 Å². The van der Waals surface area contributed by atoms with Crippen molar-refractivity contribution in [2.24, 2.45) is 4.99 Å². The number of likely N-dealkylation sites (tertiary alicyclic amines) is 1. The first-order chi connectivity index (χ1) is 12.4. The van der Waals surface area contributed by atoms with Crippen LogP contribution in [0.25, 0.3) is 10.2 Å². The summed E-state index contributed by atoms with van der Waals surface area (Å²) in [6, 6.07) is 4.49. The van der Waals surface area contributed by atoms with E-state index < -0.39 is 10.8 Å². The van der Waals surface area contributed by atoms with E-state index in [4.69, 9.17) is 0 Å². The monoisotopic (exact) mass is 376 g/mol. The van der Waals surface area contributed by atoms with E-state index in [-0.39, 0.29) is 36.9 Å². The molecule has 26 heavy (non-hydrogen) atoms. The number of imide groups is 1. The Balaban J connectivity index is 1.99. The number of nitro groups is 1. The largest absolute Gasteiger partial charge is 0.316 e. The number of nitro benzene ring substituents is 1. The van der Waals surface area contributed by atoms with Crippen molar-refractivity contribution in [1.82, 2.24) is 9.47 Å². The fraction of sp³-hybridized carbons (Fsp3) is 0.375. The topological polar surface area (TPSA) is 115 Å². The molecule has 1 aliphatic rings. The molecule has 9 nitrogen and oxygen atoms in total. The normalized spacial score (nSPS) is 15.3. The highest BCUT2D eigenvalue weighted by molar-refractivity contribution is 7.16. The summed E-state index contributed by atoms with van der Waals surface area (Å²) in [5.41, 5.74) is 0.718. The van der Waals surface area contributed by atoms with E-state index in [2.05, 4.69) is 4.99 Å². The van der Waals surface area contributed by atoms with Crippen LogP contribution in [0.15, 0.2) is 23.2 Å². The summed E-state index contributed by atoms with van der Waals surface area (Å²) in [7, 11) is 0.